The van der Waals surface area contributed by atoms with E-state index in [-0.39, 0.29) is 0 Å². The second kappa shape index (κ2) is 10.6. The minimum atomic E-state index is 0.393. The van der Waals surface area contributed by atoms with Gasteiger partial charge in [-0.05, 0) is 55.0 Å². The van der Waals surface area contributed by atoms with Crippen LogP contribution in [0.3, 0.4) is 0 Å². The summed E-state index contributed by atoms with van der Waals surface area (Å²) in [6.07, 6.45) is 12.6. The Morgan fingerprint density at radius 2 is 1.22 bits per heavy atom. The van der Waals surface area contributed by atoms with E-state index in [9.17, 15) is 0 Å². The Labute approximate surface area is 219 Å². The van der Waals surface area contributed by atoms with Gasteiger partial charge in [0.2, 0.25) is 0 Å². The van der Waals surface area contributed by atoms with Gasteiger partial charge >= 0.3 is 0 Å². The minimum absolute atomic E-state index is 0.393. The monoisotopic (exact) mass is 494 g/mol. The molecule has 3 aromatic carbocycles. The van der Waals surface area contributed by atoms with Crippen LogP contribution in [0.1, 0.15) is 70.3 Å². The van der Waals surface area contributed by atoms with Crippen molar-refractivity contribution in [3.05, 3.63) is 89.4 Å². The lowest BCUT2D eigenvalue weighted by molar-refractivity contribution is 0.348. The van der Waals surface area contributed by atoms with E-state index in [1.807, 2.05) is 0 Å². The van der Waals surface area contributed by atoms with Crippen molar-refractivity contribution in [3.63, 3.8) is 0 Å². The van der Waals surface area contributed by atoms with Gasteiger partial charge in [0.25, 0.3) is 0 Å². The van der Waals surface area contributed by atoms with Gasteiger partial charge in [0.1, 0.15) is 5.49 Å². The van der Waals surface area contributed by atoms with Crippen LogP contribution in [0, 0.1) is 0 Å². The molecule has 2 fully saturated rings. The summed E-state index contributed by atoms with van der Waals surface area (Å²) >= 11 is 6.68. The van der Waals surface area contributed by atoms with E-state index in [1.165, 1.54) is 103 Å². The maximum absolute atomic E-state index is 6.68. The zero-order chi connectivity index (χ0) is 24.3. The van der Waals surface area contributed by atoms with Crippen LogP contribution in [-0.2, 0) is 0 Å². The van der Waals surface area contributed by atoms with Gasteiger partial charge in [0, 0.05) is 27.6 Å². The van der Waals surface area contributed by atoms with Gasteiger partial charge in [-0.25, -0.2) is 0 Å². The zero-order valence-electron chi connectivity index (χ0n) is 21.0. The van der Waals surface area contributed by atoms with Crippen molar-refractivity contribution in [2.45, 2.75) is 76.3 Å². The quantitative estimate of drug-likeness (QED) is 0.269. The number of pyridine rings is 1. The predicted octanol–water partition coefficient (Wildman–Crippen LogP) is 9.37. The second-order valence-corrected chi connectivity index (χ2v) is 11.0. The fourth-order valence-corrected chi connectivity index (χ4v) is 6.57. The topological polar surface area (TPSA) is 17.3 Å². The van der Waals surface area contributed by atoms with E-state index < -0.39 is 0 Å². The third-order valence-electron chi connectivity index (χ3n) is 8.13. The number of hydrogen-bond acceptors (Lipinski definition) is 1. The molecule has 1 heterocycles. The van der Waals surface area contributed by atoms with Crippen LogP contribution in [-0.4, -0.2) is 10.6 Å². The highest BCUT2D eigenvalue weighted by atomic mass is 35.5. The van der Waals surface area contributed by atoms with Gasteiger partial charge in [0.15, 0.2) is 0 Å². The Hall–Kier alpha value is -2.84. The smallest absolute Gasteiger partial charge is 0.137 e. The molecule has 6 rings (SSSR count). The van der Waals surface area contributed by atoms with Crippen LogP contribution in [0.4, 0.5) is 0 Å². The summed E-state index contributed by atoms with van der Waals surface area (Å²) in [6, 6.07) is 29.1. The number of halogens is 1. The number of fused-ring (bicyclic) bond motifs is 1. The first-order valence-corrected chi connectivity index (χ1v) is 14.2. The molecule has 2 saturated carbocycles. The number of hydrogen-bond donors (Lipinski definition) is 0. The average Bonchev–Trinajstić information content (AvgIpc) is 2.94. The van der Waals surface area contributed by atoms with Crippen LogP contribution in [0.25, 0.3) is 33.2 Å². The molecular weight excluding hydrogens is 460 g/mol. The molecule has 4 aromatic rings. The van der Waals surface area contributed by atoms with Gasteiger partial charge < -0.3 is 4.57 Å². The first-order chi connectivity index (χ1) is 17.8. The van der Waals surface area contributed by atoms with E-state index in [4.69, 9.17) is 16.6 Å². The summed E-state index contributed by atoms with van der Waals surface area (Å²) < 4.78 is 2.62. The number of nitrogens with zero attached hydrogens (tertiary/aromatic N) is 2. The number of rotatable bonds is 4. The van der Waals surface area contributed by atoms with E-state index in [0.717, 1.165) is 5.02 Å². The molecule has 36 heavy (non-hydrogen) atoms. The van der Waals surface area contributed by atoms with Crippen LogP contribution < -0.4 is 5.49 Å². The molecule has 0 spiro atoms. The summed E-state index contributed by atoms with van der Waals surface area (Å²) in [5, 5.41) is 2.01. The Morgan fingerprint density at radius 3 is 1.86 bits per heavy atom. The highest BCUT2D eigenvalue weighted by Crippen LogP contribution is 2.40. The van der Waals surface area contributed by atoms with Gasteiger partial charge in [-0.15, -0.1) is 0 Å². The summed E-state index contributed by atoms with van der Waals surface area (Å²) in [5.74, 6) is 0. The van der Waals surface area contributed by atoms with Crippen LogP contribution in [0.5, 0.6) is 0 Å². The van der Waals surface area contributed by atoms with Crippen molar-refractivity contribution in [2.75, 3.05) is 0 Å². The van der Waals surface area contributed by atoms with Crippen molar-refractivity contribution >= 4 is 22.5 Å². The molecule has 0 saturated heterocycles. The molecule has 3 heteroatoms. The summed E-state index contributed by atoms with van der Waals surface area (Å²) in [7, 11) is 0. The van der Waals surface area contributed by atoms with E-state index in [2.05, 4.69) is 83.4 Å². The molecule has 184 valence electrons. The van der Waals surface area contributed by atoms with Crippen LogP contribution in [0.15, 0.2) is 83.9 Å². The largest absolute Gasteiger partial charge is 0.322 e. The Morgan fingerprint density at radius 1 is 0.639 bits per heavy atom. The lowest BCUT2D eigenvalue weighted by atomic mass is 9.89. The molecule has 0 N–H and O–H groups in total. The van der Waals surface area contributed by atoms with Crippen LogP contribution >= 0.6 is 11.6 Å². The lowest BCUT2D eigenvalue weighted by Gasteiger charge is -2.30. The SMILES string of the molecule is Clc1ccc2c(c1)c(-c1ccccc1)c(-c1ccccc1)c(=NC1CCCCC1)n2C1CCCCC1. The average molecular weight is 495 g/mol. The molecule has 0 atom stereocenters. The molecule has 1 aromatic heterocycles. The maximum atomic E-state index is 6.68. The molecule has 0 bridgehead atoms. The van der Waals surface area contributed by atoms with Gasteiger partial charge in [-0.2, -0.15) is 0 Å². The molecule has 0 amide bonds. The fourth-order valence-electron chi connectivity index (χ4n) is 6.40. The Kier molecular flexibility index (Phi) is 6.96. The molecule has 2 aliphatic rings. The van der Waals surface area contributed by atoms with Crippen molar-refractivity contribution in [3.8, 4) is 22.3 Å². The van der Waals surface area contributed by atoms with Gasteiger partial charge in [-0.3, -0.25) is 4.99 Å². The fraction of sp³-hybridized carbons (Fsp3) is 0.364. The maximum Gasteiger partial charge on any atom is 0.137 e. The van der Waals surface area contributed by atoms with Crippen LogP contribution in [0.2, 0.25) is 5.02 Å². The van der Waals surface area contributed by atoms with E-state index in [0.29, 0.717) is 12.1 Å². The minimum Gasteiger partial charge on any atom is -0.322 e. The standard InChI is InChI=1S/C33H35ClN2/c34-26-21-22-30-29(23-26)31(24-13-5-1-6-14-24)32(25-15-7-2-8-16-25)33(35-27-17-9-3-10-18-27)36(30)28-19-11-4-12-20-28/h1-2,5-8,13-16,21-23,27-28H,3-4,9-12,17-20H2. The van der Waals surface area contributed by atoms with E-state index >= 15 is 0 Å². The third kappa shape index (κ3) is 4.64. The molecule has 0 aliphatic heterocycles. The first-order valence-electron chi connectivity index (χ1n) is 13.8. The summed E-state index contributed by atoms with van der Waals surface area (Å²) in [5.41, 5.74) is 7.40. The molecule has 2 nitrogen and oxygen atoms in total. The van der Waals surface area contributed by atoms with Gasteiger partial charge in [-0.1, -0.05) is 111 Å². The highest BCUT2D eigenvalue weighted by Gasteiger charge is 2.25. The molecule has 2 aliphatic carbocycles. The summed E-state index contributed by atoms with van der Waals surface area (Å²) in [4.78, 5) is 5.66. The van der Waals surface area contributed by atoms with E-state index in [1.54, 1.807) is 0 Å². The Bertz CT molecular complexity index is 1390. The zero-order valence-corrected chi connectivity index (χ0v) is 21.8. The predicted molar refractivity (Wildman–Crippen MR) is 152 cm³/mol. The molecule has 0 unspecified atom stereocenters. The van der Waals surface area contributed by atoms with Gasteiger partial charge in [0.05, 0.1) is 11.6 Å². The normalized spacial score (nSPS) is 18.1. The lowest BCUT2D eigenvalue weighted by Crippen LogP contribution is -2.32. The second-order valence-electron chi connectivity index (χ2n) is 10.5. The van der Waals surface area contributed by atoms with Crippen molar-refractivity contribution in [2.24, 2.45) is 4.99 Å². The molecular formula is C33H35ClN2. The first kappa shape index (κ1) is 23.6. The number of benzene rings is 3. The van der Waals surface area contributed by atoms with Crippen molar-refractivity contribution < 1.29 is 0 Å². The third-order valence-corrected chi connectivity index (χ3v) is 8.37. The Balaban J connectivity index is 1.78. The number of aromatic nitrogens is 1. The van der Waals surface area contributed by atoms with Crippen molar-refractivity contribution in [1.82, 2.24) is 4.57 Å². The summed E-state index contributed by atoms with van der Waals surface area (Å²) in [6.45, 7) is 0. The molecule has 0 radical (unpaired) electrons. The van der Waals surface area contributed by atoms with Crippen molar-refractivity contribution in [1.29, 1.82) is 0 Å². The highest BCUT2D eigenvalue weighted by molar-refractivity contribution is 6.31.